The van der Waals surface area contributed by atoms with Gasteiger partial charge < -0.3 is 19.9 Å². The van der Waals surface area contributed by atoms with Crippen LogP contribution in [0.2, 0.25) is 0 Å². The minimum Gasteiger partial charge on any atom is -0.497 e. The van der Waals surface area contributed by atoms with E-state index in [1.165, 1.54) is 31.2 Å². The minimum absolute atomic E-state index is 0.896. The normalized spacial score (nSPS) is 11.2. The standard InChI is InChI=1S/C16H25N3O/c1-19(2)10-6-4-5-8-17-15-12-14(20-3)11-13-7-9-18-16(13)15/h7,9,11-12,17-18H,4-6,8,10H2,1-3H3. The molecule has 0 aliphatic carbocycles. The van der Waals surface area contributed by atoms with Crippen LogP contribution in [0.5, 0.6) is 5.75 Å². The van der Waals surface area contributed by atoms with Crippen molar-refractivity contribution in [3.8, 4) is 5.75 Å². The quantitative estimate of drug-likeness (QED) is 0.726. The number of nitrogens with zero attached hydrogens (tertiary/aromatic N) is 1. The number of benzene rings is 1. The van der Waals surface area contributed by atoms with E-state index in [9.17, 15) is 0 Å². The molecule has 2 rings (SSSR count). The lowest BCUT2D eigenvalue weighted by molar-refractivity contribution is 0.393. The molecule has 0 fully saturated rings. The molecule has 0 spiro atoms. The highest BCUT2D eigenvalue weighted by Gasteiger charge is 2.05. The van der Waals surface area contributed by atoms with E-state index < -0.39 is 0 Å². The molecule has 0 aliphatic rings. The lowest BCUT2D eigenvalue weighted by Crippen LogP contribution is -2.13. The third kappa shape index (κ3) is 3.90. The fourth-order valence-corrected chi connectivity index (χ4v) is 2.35. The number of methoxy groups -OCH3 is 1. The van der Waals surface area contributed by atoms with Gasteiger partial charge in [0.2, 0.25) is 0 Å². The van der Waals surface area contributed by atoms with Gasteiger partial charge in [-0.15, -0.1) is 0 Å². The van der Waals surface area contributed by atoms with Crippen molar-refractivity contribution in [3.63, 3.8) is 0 Å². The van der Waals surface area contributed by atoms with E-state index in [-0.39, 0.29) is 0 Å². The van der Waals surface area contributed by atoms with Crippen LogP contribution < -0.4 is 10.1 Å². The summed E-state index contributed by atoms with van der Waals surface area (Å²) in [6.07, 6.45) is 5.66. The molecule has 1 aromatic heterocycles. The van der Waals surface area contributed by atoms with E-state index in [4.69, 9.17) is 4.74 Å². The van der Waals surface area contributed by atoms with Crippen LogP contribution in [0.3, 0.4) is 0 Å². The minimum atomic E-state index is 0.896. The summed E-state index contributed by atoms with van der Waals surface area (Å²) in [5.74, 6) is 0.896. The van der Waals surface area contributed by atoms with Crippen molar-refractivity contribution in [1.82, 2.24) is 9.88 Å². The molecule has 0 amide bonds. The van der Waals surface area contributed by atoms with Gasteiger partial charge in [-0.1, -0.05) is 6.42 Å². The molecule has 1 aromatic carbocycles. The second-order valence-corrected chi connectivity index (χ2v) is 5.41. The zero-order chi connectivity index (χ0) is 14.4. The van der Waals surface area contributed by atoms with Crippen molar-refractivity contribution in [2.24, 2.45) is 0 Å². The molecule has 110 valence electrons. The Morgan fingerprint density at radius 2 is 2.05 bits per heavy atom. The predicted octanol–water partition coefficient (Wildman–Crippen LogP) is 3.32. The Labute approximate surface area is 121 Å². The first-order valence-corrected chi connectivity index (χ1v) is 7.24. The molecule has 0 saturated carbocycles. The van der Waals surface area contributed by atoms with Gasteiger partial charge in [0.15, 0.2) is 0 Å². The Kier molecular flexibility index (Phi) is 5.30. The number of fused-ring (bicyclic) bond motifs is 1. The molecule has 0 saturated heterocycles. The molecule has 20 heavy (non-hydrogen) atoms. The van der Waals surface area contributed by atoms with Crippen molar-refractivity contribution < 1.29 is 4.74 Å². The molecular formula is C16H25N3O. The van der Waals surface area contributed by atoms with Crippen molar-refractivity contribution in [3.05, 3.63) is 24.4 Å². The van der Waals surface area contributed by atoms with Crippen molar-refractivity contribution in [2.75, 3.05) is 39.6 Å². The lowest BCUT2D eigenvalue weighted by Gasteiger charge is -2.11. The third-order valence-corrected chi connectivity index (χ3v) is 3.47. The molecule has 2 aromatic rings. The number of anilines is 1. The Morgan fingerprint density at radius 1 is 1.20 bits per heavy atom. The topological polar surface area (TPSA) is 40.3 Å². The largest absolute Gasteiger partial charge is 0.497 e. The van der Waals surface area contributed by atoms with Gasteiger partial charge >= 0.3 is 0 Å². The van der Waals surface area contributed by atoms with Gasteiger partial charge in [0.1, 0.15) is 5.75 Å². The van der Waals surface area contributed by atoms with E-state index in [2.05, 4.69) is 41.4 Å². The van der Waals surface area contributed by atoms with Gasteiger partial charge in [-0.05, 0) is 45.6 Å². The average molecular weight is 275 g/mol. The molecule has 0 bridgehead atoms. The number of unbranched alkanes of at least 4 members (excludes halogenated alkanes) is 2. The van der Waals surface area contributed by atoms with Crippen LogP contribution in [0, 0.1) is 0 Å². The molecule has 0 aliphatic heterocycles. The molecular weight excluding hydrogens is 250 g/mol. The summed E-state index contributed by atoms with van der Waals surface area (Å²) in [5.41, 5.74) is 2.27. The van der Waals surface area contributed by atoms with Crippen LogP contribution in [0.25, 0.3) is 10.9 Å². The Bertz CT molecular complexity index is 534. The second kappa shape index (κ2) is 7.20. The maximum absolute atomic E-state index is 5.34. The number of hydrogen-bond donors (Lipinski definition) is 2. The van der Waals surface area contributed by atoms with Crippen LogP contribution in [0.4, 0.5) is 5.69 Å². The molecule has 4 heteroatoms. The van der Waals surface area contributed by atoms with E-state index >= 15 is 0 Å². The monoisotopic (exact) mass is 275 g/mol. The molecule has 0 unspecified atom stereocenters. The zero-order valence-electron chi connectivity index (χ0n) is 12.7. The number of nitrogens with one attached hydrogen (secondary N) is 2. The smallest absolute Gasteiger partial charge is 0.121 e. The van der Waals surface area contributed by atoms with Crippen LogP contribution in [-0.2, 0) is 0 Å². The van der Waals surface area contributed by atoms with Crippen LogP contribution >= 0.6 is 0 Å². The number of H-pyrrole nitrogens is 1. The summed E-state index contributed by atoms with van der Waals surface area (Å²) in [6, 6.07) is 6.17. The Morgan fingerprint density at radius 3 is 2.80 bits per heavy atom. The third-order valence-electron chi connectivity index (χ3n) is 3.47. The summed E-state index contributed by atoms with van der Waals surface area (Å²) in [4.78, 5) is 5.52. The SMILES string of the molecule is COc1cc(NCCCCCN(C)C)c2[nH]ccc2c1. The number of aromatic nitrogens is 1. The Hall–Kier alpha value is -1.68. The highest BCUT2D eigenvalue weighted by Crippen LogP contribution is 2.28. The summed E-state index contributed by atoms with van der Waals surface area (Å²) >= 11 is 0. The highest BCUT2D eigenvalue weighted by atomic mass is 16.5. The summed E-state index contributed by atoms with van der Waals surface area (Å²) in [6.45, 7) is 2.16. The number of rotatable bonds is 8. The molecule has 0 radical (unpaired) electrons. The van der Waals surface area contributed by atoms with Crippen LogP contribution in [0.15, 0.2) is 24.4 Å². The number of aromatic amines is 1. The van der Waals surface area contributed by atoms with Crippen molar-refractivity contribution in [2.45, 2.75) is 19.3 Å². The molecule has 0 atom stereocenters. The van der Waals surface area contributed by atoms with Crippen LogP contribution in [0.1, 0.15) is 19.3 Å². The van der Waals surface area contributed by atoms with Gasteiger partial charge in [-0.25, -0.2) is 0 Å². The second-order valence-electron chi connectivity index (χ2n) is 5.41. The van der Waals surface area contributed by atoms with Crippen molar-refractivity contribution in [1.29, 1.82) is 0 Å². The fraction of sp³-hybridized carbons (Fsp3) is 0.500. The van der Waals surface area contributed by atoms with Gasteiger partial charge in [0.05, 0.1) is 18.3 Å². The van der Waals surface area contributed by atoms with E-state index in [1.807, 2.05) is 12.3 Å². The maximum atomic E-state index is 5.34. The fourth-order valence-electron chi connectivity index (χ4n) is 2.35. The number of hydrogen-bond acceptors (Lipinski definition) is 3. The van der Waals surface area contributed by atoms with Gasteiger partial charge in [0, 0.05) is 24.2 Å². The van der Waals surface area contributed by atoms with Gasteiger partial charge in [0.25, 0.3) is 0 Å². The Balaban J connectivity index is 1.87. The van der Waals surface area contributed by atoms with Gasteiger partial charge in [-0.2, -0.15) is 0 Å². The zero-order valence-corrected chi connectivity index (χ0v) is 12.7. The number of ether oxygens (including phenoxy) is 1. The van der Waals surface area contributed by atoms with Crippen molar-refractivity contribution >= 4 is 16.6 Å². The lowest BCUT2D eigenvalue weighted by atomic mass is 10.2. The van der Waals surface area contributed by atoms with E-state index in [1.54, 1.807) is 7.11 Å². The first-order chi connectivity index (χ1) is 9.70. The predicted molar refractivity (Wildman–Crippen MR) is 85.7 cm³/mol. The van der Waals surface area contributed by atoms with E-state index in [0.717, 1.165) is 23.5 Å². The van der Waals surface area contributed by atoms with E-state index in [0.29, 0.717) is 0 Å². The maximum Gasteiger partial charge on any atom is 0.121 e. The van der Waals surface area contributed by atoms with Crippen LogP contribution in [-0.4, -0.2) is 44.2 Å². The molecule has 4 nitrogen and oxygen atoms in total. The highest BCUT2D eigenvalue weighted by molar-refractivity contribution is 5.92. The van der Waals surface area contributed by atoms with Gasteiger partial charge in [-0.3, -0.25) is 0 Å². The first kappa shape index (κ1) is 14.7. The first-order valence-electron chi connectivity index (χ1n) is 7.24. The summed E-state index contributed by atoms with van der Waals surface area (Å²) in [7, 11) is 5.95. The molecule has 2 N–H and O–H groups in total. The summed E-state index contributed by atoms with van der Waals surface area (Å²) < 4.78 is 5.34. The molecule has 1 heterocycles. The summed E-state index contributed by atoms with van der Waals surface area (Å²) in [5, 5.41) is 4.69. The average Bonchev–Trinajstić information content (AvgIpc) is 2.90.